The Balaban J connectivity index is 2.21. The van der Waals surface area contributed by atoms with E-state index in [-0.39, 0.29) is 24.1 Å². The molecule has 1 atom stereocenters. The van der Waals surface area contributed by atoms with Crippen LogP contribution in [0.2, 0.25) is 0 Å². The van der Waals surface area contributed by atoms with Crippen LogP contribution in [-0.4, -0.2) is 29.2 Å². The van der Waals surface area contributed by atoms with Gasteiger partial charge in [0.2, 0.25) is 5.91 Å². The average Bonchev–Trinajstić information content (AvgIpc) is 2.01. The van der Waals surface area contributed by atoms with Crippen LogP contribution >= 0.6 is 0 Å². The first-order valence-corrected chi connectivity index (χ1v) is 5.25. The summed E-state index contributed by atoms with van der Waals surface area (Å²) in [7, 11) is 0. The molecule has 82 valence electrons. The van der Waals surface area contributed by atoms with Gasteiger partial charge in [0.15, 0.2) is 0 Å². The fourth-order valence-corrected chi connectivity index (χ4v) is 1.72. The third-order valence-electron chi connectivity index (χ3n) is 2.83. The molecule has 0 aromatic heterocycles. The van der Waals surface area contributed by atoms with Crippen LogP contribution in [-0.2, 0) is 4.79 Å². The molecule has 0 aromatic carbocycles. The summed E-state index contributed by atoms with van der Waals surface area (Å²) in [6.07, 6.45) is 4.06. The van der Waals surface area contributed by atoms with E-state index in [1.54, 1.807) is 0 Å². The smallest absolute Gasteiger partial charge is 0.222 e. The molecule has 1 aliphatic carbocycles. The van der Waals surface area contributed by atoms with Gasteiger partial charge in [0, 0.05) is 24.6 Å². The highest BCUT2D eigenvalue weighted by Crippen LogP contribution is 2.31. The zero-order valence-corrected chi connectivity index (χ0v) is 8.75. The lowest BCUT2D eigenvalue weighted by Gasteiger charge is -2.37. The van der Waals surface area contributed by atoms with Gasteiger partial charge in [-0.25, -0.2) is 0 Å². The first kappa shape index (κ1) is 11.5. The highest BCUT2D eigenvalue weighted by atomic mass is 16.3. The second-order valence-electron chi connectivity index (χ2n) is 4.37. The summed E-state index contributed by atoms with van der Waals surface area (Å²) in [5.41, 5.74) is 5.70. The number of rotatable bonds is 5. The predicted molar refractivity (Wildman–Crippen MR) is 54.7 cm³/mol. The van der Waals surface area contributed by atoms with E-state index in [9.17, 15) is 4.79 Å². The van der Waals surface area contributed by atoms with Gasteiger partial charge in [-0.3, -0.25) is 4.79 Å². The molecule has 0 heterocycles. The largest absolute Gasteiger partial charge is 0.396 e. The highest BCUT2D eigenvalue weighted by molar-refractivity contribution is 5.77. The van der Waals surface area contributed by atoms with E-state index in [0.717, 1.165) is 19.3 Å². The number of nitrogens with two attached hydrogens (primary N) is 1. The average molecular weight is 200 g/mol. The summed E-state index contributed by atoms with van der Waals surface area (Å²) in [4.78, 5) is 11.5. The molecule has 1 saturated carbocycles. The molecule has 1 rings (SSSR count). The minimum atomic E-state index is -0.247. The topological polar surface area (TPSA) is 75.3 Å². The third kappa shape index (κ3) is 3.27. The quantitative estimate of drug-likeness (QED) is 0.591. The molecule has 0 aromatic rings. The van der Waals surface area contributed by atoms with Gasteiger partial charge >= 0.3 is 0 Å². The van der Waals surface area contributed by atoms with Crippen LogP contribution in [0.3, 0.4) is 0 Å². The number of aliphatic hydroxyl groups is 1. The van der Waals surface area contributed by atoms with Crippen molar-refractivity contribution in [3.63, 3.8) is 0 Å². The first-order chi connectivity index (χ1) is 6.56. The maximum Gasteiger partial charge on any atom is 0.222 e. The van der Waals surface area contributed by atoms with Gasteiger partial charge in [-0.15, -0.1) is 0 Å². The van der Waals surface area contributed by atoms with Gasteiger partial charge in [0.25, 0.3) is 0 Å². The fourth-order valence-electron chi connectivity index (χ4n) is 1.72. The summed E-state index contributed by atoms with van der Waals surface area (Å²) in [5, 5.41) is 11.5. The molecule has 1 aliphatic rings. The first-order valence-electron chi connectivity index (χ1n) is 5.25. The lowest BCUT2D eigenvalue weighted by Crippen LogP contribution is -2.50. The van der Waals surface area contributed by atoms with Crippen LogP contribution in [0.25, 0.3) is 0 Å². The molecule has 4 nitrogen and oxygen atoms in total. The number of hydrogen-bond acceptors (Lipinski definition) is 3. The Morgan fingerprint density at radius 1 is 1.64 bits per heavy atom. The molecule has 1 unspecified atom stereocenters. The Bertz CT molecular complexity index is 202. The lowest BCUT2D eigenvalue weighted by atomic mass is 9.75. The fraction of sp³-hybridized carbons (Fsp3) is 0.900. The Morgan fingerprint density at radius 3 is 2.71 bits per heavy atom. The van der Waals surface area contributed by atoms with Gasteiger partial charge in [-0.2, -0.15) is 0 Å². The zero-order valence-electron chi connectivity index (χ0n) is 8.75. The van der Waals surface area contributed by atoms with Crippen molar-refractivity contribution in [3.8, 4) is 0 Å². The number of carbonyl (C=O) groups is 1. The molecule has 0 bridgehead atoms. The molecular formula is C10H20N2O2. The summed E-state index contributed by atoms with van der Waals surface area (Å²) >= 11 is 0. The molecular weight excluding hydrogens is 180 g/mol. The molecule has 0 radical (unpaired) electrons. The molecule has 0 spiro atoms. The van der Waals surface area contributed by atoms with Crippen LogP contribution in [0.4, 0.5) is 0 Å². The molecule has 1 amide bonds. The lowest BCUT2D eigenvalue weighted by molar-refractivity contribution is -0.123. The summed E-state index contributed by atoms with van der Waals surface area (Å²) in [6.45, 7) is 1.99. The van der Waals surface area contributed by atoms with Gasteiger partial charge in [-0.1, -0.05) is 0 Å². The second kappa shape index (κ2) is 4.75. The predicted octanol–water partition coefficient (Wildman–Crippen LogP) is 0.145. The number of nitrogens with one attached hydrogen (secondary N) is 1. The van der Waals surface area contributed by atoms with Crippen LogP contribution < -0.4 is 11.1 Å². The zero-order chi connectivity index (χ0) is 10.6. The van der Waals surface area contributed by atoms with Crippen LogP contribution in [0, 0.1) is 0 Å². The van der Waals surface area contributed by atoms with E-state index >= 15 is 0 Å². The maximum absolute atomic E-state index is 11.5. The van der Waals surface area contributed by atoms with Crippen LogP contribution in [0.5, 0.6) is 0 Å². The van der Waals surface area contributed by atoms with E-state index in [1.807, 2.05) is 6.92 Å². The van der Waals surface area contributed by atoms with E-state index < -0.39 is 0 Å². The monoisotopic (exact) mass is 200 g/mol. The van der Waals surface area contributed by atoms with Gasteiger partial charge in [0.05, 0.1) is 0 Å². The van der Waals surface area contributed by atoms with Crippen molar-refractivity contribution in [3.05, 3.63) is 0 Å². The van der Waals surface area contributed by atoms with Crippen molar-refractivity contribution < 1.29 is 9.90 Å². The SMILES string of the molecule is CC(CCO)NC(=O)CC1(N)CCC1. The number of carbonyl (C=O) groups excluding carboxylic acids is 1. The normalized spacial score (nSPS) is 21.1. The van der Waals surface area contributed by atoms with E-state index in [2.05, 4.69) is 5.32 Å². The van der Waals surface area contributed by atoms with Crippen molar-refractivity contribution in [1.29, 1.82) is 0 Å². The Morgan fingerprint density at radius 2 is 2.29 bits per heavy atom. The molecule has 14 heavy (non-hydrogen) atoms. The van der Waals surface area contributed by atoms with Crippen molar-refractivity contribution >= 4 is 5.91 Å². The minimum Gasteiger partial charge on any atom is -0.396 e. The van der Waals surface area contributed by atoms with Crippen molar-refractivity contribution in [2.45, 2.75) is 50.6 Å². The van der Waals surface area contributed by atoms with Crippen molar-refractivity contribution in [2.75, 3.05) is 6.61 Å². The minimum absolute atomic E-state index is 0.00755. The van der Waals surface area contributed by atoms with Gasteiger partial charge in [0.1, 0.15) is 0 Å². The van der Waals surface area contributed by atoms with Crippen molar-refractivity contribution in [1.82, 2.24) is 5.32 Å². The molecule has 1 fully saturated rings. The maximum atomic E-state index is 11.5. The van der Waals surface area contributed by atoms with Crippen LogP contribution in [0.1, 0.15) is 39.0 Å². The van der Waals surface area contributed by atoms with Gasteiger partial charge in [-0.05, 0) is 32.6 Å². The third-order valence-corrected chi connectivity index (χ3v) is 2.83. The van der Waals surface area contributed by atoms with E-state index in [4.69, 9.17) is 10.8 Å². The molecule has 4 N–H and O–H groups in total. The summed E-state index contributed by atoms with van der Waals surface area (Å²) < 4.78 is 0. The Kier molecular flexibility index (Phi) is 3.89. The van der Waals surface area contributed by atoms with Crippen molar-refractivity contribution in [2.24, 2.45) is 5.73 Å². The molecule has 0 aliphatic heterocycles. The highest BCUT2D eigenvalue weighted by Gasteiger charge is 2.34. The number of hydrogen-bond donors (Lipinski definition) is 3. The summed E-state index contributed by atoms with van der Waals surface area (Å²) in [5.74, 6) is 0.00755. The molecule has 0 saturated heterocycles. The second-order valence-corrected chi connectivity index (χ2v) is 4.37. The van der Waals surface area contributed by atoms with Crippen LogP contribution in [0.15, 0.2) is 0 Å². The van der Waals surface area contributed by atoms with E-state index in [1.165, 1.54) is 0 Å². The standard InChI is InChI=1S/C10H20N2O2/c1-8(3-6-13)12-9(14)7-10(11)4-2-5-10/h8,13H,2-7,11H2,1H3,(H,12,14). The number of aliphatic hydroxyl groups excluding tert-OH is 1. The number of amides is 1. The van der Waals surface area contributed by atoms with Gasteiger partial charge < -0.3 is 16.2 Å². The Hall–Kier alpha value is -0.610. The molecule has 4 heteroatoms. The van der Waals surface area contributed by atoms with E-state index in [0.29, 0.717) is 12.8 Å². The Labute approximate surface area is 84.9 Å². The summed E-state index contributed by atoms with van der Waals surface area (Å²) in [6, 6.07) is 0.0381.